The first kappa shape index (κ1) is 20.3. The number of rotatable bonds is 6. The fourth-order valence-electron chi connectivity index (χ4n) is 3.59. The molecule has 0 fully saturated rings. The van der Waals surface area contributed by atoms with Gasteiger partial charge < -0.3 is 19.9 Å². The van der Waals surface area contributed by atoms with Crippen molar-refractivity contribution in [1.29, 1.82) is 5.26 Å². The van der Waals surface area contributed by atoms with Gasteiger partial charge in [0.1, 0.15) is 24.1 Å². The van der Waals surface area contributed by atoms with Gasteiger partial charge >= 0.3 is 0 Å². The number of H-pyrrole nitrogens is 1. The number of benzene rings is 2. The number of nitrogens with zero attached hydrogens (tertiary/aromatic N) is 2. The molecule has 158 valence electrons. The van der Waals surface area contributed by atoms with Crippen molar-refractivity contribution in [1.82, 2.24) is 10.2 Å². The molecule has 0 amide bonds. The van der Waals surface area contributed by atoms with Gasteiger partial charge in [-0.05, 0) is 37.6 Å². The summed E-state index contributed by atoms with van der Waals surface area (Å²) in [5.74, 6) is 0.525. The molecule has 4 rings (SSSR count). The second-order valence-corrected chi connectivity index (χ2v) is 7.01. The minimum absolute atomic E-state index is 0.0179. The van der Waals surface area contributed by atoms with E-state index in [-0.39, 0.29) is 18.3 Å². The number of aryl methyl sites for hydroxylation is 1. The lowest BCUT2D eigenvalue weighted by molar-refractivity contribution is 0.265. The summed E-state index contributed by atoms with van der Waals surface area (Å²) >= 11 is 0. The predicted molar refractivity (Wildman–Crippen MR) is 111 cm³/mol. The Morgan fingerprint density at radius 1 is 1.23 bits per heavy atom. The van der Waals surface area contributed by atoms with Gasteiger partial charge in [-0.15, -0.1) is 5.10 Å². The zero-order valence-electron chi connectivity index (χ0n) is 17.1. The molecule has 7 nitrogen and oxygen atoms in total. The number of allylic oxidation sites excluding steroid dienone is 1. The van der Waals surface area contributed by atoms with Gasteiger partial charge in [0.15, 0.2) is 11.5 Å². The molecule has 1 aromatic heterocycles. The molecule has 0 saturated carbocycles. The molecule has 0 spiro atoms. The molecule has 0 unspecified atom stereocenters. The quantitative estimate of drug-likeness (QED) is 0.623. The van der Waals surface area contributed by atoms with Crippen LogP contribution in [-0.2, 0) is 6.61 Å². The number of aromatic nitrogens is 2. The number of halogens is 1. The van der Waals surface area contributed by atoms with E-state index in [1.807, 2.05) is 19.9 Å². The van der Waals surface area contributed by atoms with E-state index in [0.29, 0.717) is 35.1 Å². The van der Waals surface area contributed by atoms with Gasteiger partial charge in [0.25, 0.3) is 0 Å². The molecule has 0 radical (unpaired) electrons. The Balaban J connectivity index is 1.71. The zero-order valence-corrected chi connectivity index (χ0v) is 17.1. The first-order valence-electron chi connectivity index (χ1n) is 9.78. The largest absolute Gasteiger partial charge is 0.490 e. The number of aromatic amines is 1. The lowest BCUT2D eigenvalue weighted by Crippen LogP contribution is -2.21. The summed E-state index contributed by atoms with van der Waals surface area (Å²) in [6, 6.07) is 14.0. The van der Waals surface area contributed by atoms with Crippen molar-refractivity contribution in [2.75, 3.05) is 6.61 Å². The van der Waals surface area contributed by atoms with Crippen LogP contribution in [0.5, 0.6) is 17.4 Å². The van der Waals surface area contributed by atoms with E-state index in [1.165, 1.54) is 6.07 Å². The van der Waals surface area contributed by atoms with Gasteiger partial charge in [-0.2, -0.15) is 5.26 Å². The summed E-state index contributed by atoms with van der Waals surface area (Å²) in [4.78, 5) is 0. The third-order valence-electron chi connectivity index (χ3n) is 5.07. The first-order valence-corrected chi connectivity index (χ1v) is 9.78. The highest BCUT2D eigenvalue weighted by atomic mass is 19.1. The summed E-state index contributed by atoms with van der Waals surface area (Å²) in [6.07, 6.45) is 0. The van der Waals surface area contributed by atoms with Crippen LogP contribution in [-0.4, -0.2) is 16.8 Å². The van der Waals surface area contributed by atoms with Gasteiger partial charge in [0, 0.05) is 16.8 Å². The van der Waals surface area contributed by atoms with Crippen LogP contribution in [0.2, 0.25) is 0 Å². The summed E-state index contributed by atoms with van der Waals surface area (Å²) in [5.41, 5.74) is 9.01. The third kappa shape index (κ3) is 3.78. The molecular formula is C23H21FN4O3. The second-order valence-electron chi connectivity index (χ2n) is 7.01. The number of ether oxygens (including phenoxy) is 3. The Hall–Kier alpha value is -3.99. The van der Waals surface area contributed by atoms with Crippen molar-refractivity contribution in [2.24, 2.45) is 5.73 Å². The average molecular weight is 420 g/mol. The van der Waals surface area contributed by atoms with Crippen LogP contribution in [0.1, 0.15) is 35.2 Å². The molecule has 1 aliphatic rings. The lowest BCUT2D eigenvalue weighted by Gasteiger charge is -2.24. The van der Waals surface area contributed by atoms with Crippen molar-refractivity contribution in [3.63, 3.8) is 0 Å². The van der Waals surface area contributed by atoms with Gasteiger partial charge in [-0.25, -0.2) is 4.39 Å². The number of hydrogen-bond acceptors (Lipinski definition) is 6. The Morgan fingerprint density at radius 2 is 2.03 bits per heavy atom. The number of nitrogens with two attached hydrogens (primary N) is 1. The van der Waals surface area contributed by atoms with E-state index in [2.05, 4.69) is 16.3 Å². The molecule has 0 aliphatic carbocycles. The summed E-state index contributed by atoms with van der Waals surface area (Å²) < 4.78 is 31.1. The van der Waals surface area contributed by atoms with E-state index < -0.39 is 5.92 Å². The predicted octanol–water partition coefficient (Wildman–Crippen LogP) is 4.05. The van der Waals surface area contributed by atoms with Crippen molar-refractivity contribution in [2.45, 2.75) is 26.4 Å². The number of fused-ring (bicyclic) bond motifs is 1. The van der Waals surface area contributed by atoms with Gasteiger partial charge in [0.2, 0.25) is 11.8 Å². The van der Waals surface area contributed by atoms with Crippen molar-refractivity contribution >= 4 is 0 Å². The summed E-state index contributed by atoms with van der Waals surface area (Å²) in [7, 11) is 0. The SMILES string of the molecule is CCOc1cc([C@H]2C(C#N)=C(N)Oc3n[nH]c(C)c32)ccc1OCc1ccccc1F. The van der Waals surface area contributed by atoms with Crippen LogP contribution >= 0.6 is 0 Å². The minimum Gasteiger partial charge on any atom is -0.490 e. The van der Waals surface area contributed by atoms with Crippen molar-refractivity contribution in [3.8, 4) is 23.4 Å². The molecule has 3 N–H and O–H groups in total. The molecule has 1 aliphatic heterocycles. The number of nitrogens with one attached hydrogen (secondary N) is 1. The van der Waals surface area contributed by atoms with E-state index in [4.69, 9.17) is 19.9 Å². The Bertz CT molecular complexity index is 1200. The van der Waals surface area contributed by atoms with Crippen LogP contribution in [0.3, 0.4) is 0 Å². The molecule has 3 aromatic rings. The molecule has 0 saturated heterocycles. The van der Waals surface area contributed by atoms with Gasteiger partial charge in [-0.1, -0.05) is 24.3 Å². The molecule has 1 atom stereocenters. The Morgan fingerprint density at radius 3 is 2.77 bits per heavy atom. The standard InChI is InChI=1S/C23H21FN4O3/c1-3-29-19-10-14(8-9-18(19)30-12-15-6-4-5-7-17(15)24)21-16(11-25)22(26)31-23-20(21)13(2)27-28-23/h4-10,21H,3,12,26H2,1-2H3,(H,27,28)/t21-/m0/s1. The van der Waals surface area contributed by atoms with Crippen LogP contribution < -0.4 is 19.9 Å². The van der Waals surface area contributed by atoms with Gasteiger partial charge in [-0.3, -0.25) is 5.10 Å². The molecule has 2 aromatic carbocycles. The van der Waals surface area contributed by atoms with Crippen LogP contribution in [0, 0.1) is 24.1 Å². The number of hydrogen-bond donors (Lipinski definition) is 2. The van der Waals surface area contributed by atoms with Crippen molar-refractivity contribution in [3.05, 3.63) is 82.1 Å². The molecule has 0 bridgehead atoms. The molecule has 2 heterocycles. The normalized spacial score (nSPS) is 15.1. The Labute approximate surface area is 178 Å². The fraction of sp³-hybridized carbons (Fsp3) is 0.217. The smallest absolute Gasteiger partial charge is 0.244 e. The van der Waals surface area contributed by atoms with Crippen molar-refractivity contribution < 1.29 is 18.6 Å². The fourth-order valence-corrected chi connectivity index (χ4v) is 3.59. The van der Waals surface area contributed by atoms with Crippen LogP contribution in [0.4, 0.5) is 4.39 Å². The van der Waals surface area contributed by atoms with Gasteiger partial charge in [0.05, 0.1) is 12.5 Å². The maximum atomic E-state index is 13.9. The van der Waals surface area contributed by atoms with E-state index in [1.54, 1.807) is 30.3 Å². The number of nitriles is 1. The van der Waals surface area contributed by atoms with Crippen LogP contribution in [0.25, 0.3) is 0 Å². The van der Waals surface area contributed by atoms with E-state index in [9.17, 15) is 9.65 Å². The maximum Gasteiger partial charge on any atom is 0.244 e. The Kier molecular flexibility index (Phi) is 5.50. The third-order valence-corrected chi connectivity index (χ3v) is 5.07. The molecule has 31 heavy (non-hydrogen) atoms. The monoisotopic (exact) mass is 420 g/mol. The van der Waals surface area contributed by atoms with Crippen LogP contribution in [0.15, 0.2) is 53.9 Å². The zero-order chi connectivity index (χ0) is 22.0. The molecular weight excluding hydrogens is 399 g/mol. The maximum absolute atomic E-state index is 13.9. The first-order chi connectivity index (χ1) is 15.0. The summed E-state index contributed by atoms with van der Waals surface area (Å²) in [5, 5.41) is 16.7. The second kappa shape index (κ2) is 8.40. The molecule has 8 heteroatoms. The lowest BCUT2D eigenvalue weighted by atomic mass is 9.84. The topological polar surface area (TPSA) is 106 Å². The summed E-state index contributed by atoms with van der Waals surface area (Å²) in [6.45, 7) is 4.18. The highest BCUT2D eigenvalue weighted by Crippen LogP contribution is 2.44. The highest BCUT2D eigenvalue weighted by molar-refractivity contribution is 5.57. The van der Waals surface area contributed by atoms with E-state index in [0.717, 1.165) is 16.8 Å². The van der Waals surface area contributed by atoms with E-state index >= 15 is 0 Å². The minimum atomic E-state index is -0.465. The average Bonchev–Trinajstić information content (AvgIpc) is 3.13. The highest BCUT2D eigenvalue weighted by Gasteiger charge is 2.34.